The van der Waals surface area contributed by atoms with E-state index >= 15 is 0 Å². The van der Waals surface area contributed by atoms with Gasteiger partial charge in [-0.15, -0.1) is 0 Å². The van der Waals surface area contributed by atoms with Crippen LogP contribution in [-0.2, 0) is 24.8 Å². The lowest BCUT2D eigenvalue weighted by Crippen LogP contribution is -2.32. The monoisotopic (exact) mass is 289 g/mol. The van der Waals surface area contributed by atoms with E-state index in [2.05, 4.69) is 9.05 Å². The van der Waals surface area contributed by atoms with Gasteiger partial charge in [-0.05, 0) is 24.1 Å². The summed E-state index contributed by atoms with van der Waals surface area (Å²) in [5.41, 5.74) is 6.14. The summed E-state index contributed by atoms with van der Waals surface area (Å²) in [5, 5.41) is 8.69. The molecule has 0 saturated carbocycles. The molecule has 0 aliphatic carbocycles. The summed E-state index contributed by atoms with van der Waals surface area (Å²) in [6, 6.07) is 5.38. The average molecular weight is 289 g/mol. The standard InChI is InChI=1S/C11H16NO6P/c1-16-19(15,17-2)18-9-5-3-8(4-6-9)7-10(12)11(13)14/h3-6,10H,7,12H2,1-2H3,(H,13,14)/t10-/m0/s1. The molecule has 0 unspecified atom stereocenters. The van der Waals surface area contributed by atoms with Gasteiger partial charge in [0.05, 0.1) is 0 Å². The molecule has 3 N–H and O–H groups in total. The van der Waals surface area contributed by atoms with Gasteiger partial charge in [0.15, 0.2) is 0 Å². The molecule has 19 heavy (non-hydrogen) atoms. The third-order valence-electron chi connectivity index (χ3n) is 2.36. The fraction of sp³-hybridized carbons (Fsp3) is 0.364. The number of carboxylic acid groups (broad SMARTS) is 1. The second kappa shape index (κ2) is 6.68. The minimum atomic E-state index is -3.58. The summed E-state index contributed by atoms with van der Waals surface area (Å²) in [6.45, 7) is 0. The molecule has 0 radical (unpaired) electrons. The molecular weight excluding hydrogens is 273 g/mol. The van der Waals surface area contributed by atoms with Gasteiger partial charge in [0.25, 0.3) is 0 Å². The van der Waals surface area contributed by atoms with Crippen molar-refractivity contribution in [1.29, 1.82) is 0 Å². The third-order valence-corrected chi connectivity index (χ3v) is 3.69. The van der Waals surface area contributed by atoms with Crippen molar-refractivity contribution in [3.63, 3.8) is 0 Å². The second-order valence-electron chi connectivity index (χ2n) is 3.70. The van der Waals surface area contributed by atoms with Crippen molar-refractivity contribution in [3.8, 4) is 5.75 Å². The quantitative estimate of drug-likeness (QED) is 0.731. The zero-order valence-electron chi connectivity index (χ0n) is 10.6. The normalized spacial score (nSPS) is 13.0. The molecule has 0 heterocycles. The predicted molar refractivity (Wildman–Crippen MR) is 68.0 cm³/mol. The molecule has 0 saturated heterocycles. The van der Waals surface area contributed by atoms with E-state index in [4.69, 9.17) is 15.4 Å². The van der Waals surface area contributed by atoms with Crippen LogP contribution in [0.3, 0.4) is 0 Å². The van der Waals surface area contributed by atoms with Crippen molar-refractivity contribution in [2.24, 2.45) is 5.73 Å². The molecule has 0 bridgehead atoms. The number of nitrogens with two attached hydrogens (primary N) is 1. The van der Waals surface area contributed by atoms with Gasteiger partial charge >= 0.3 is 13.8 Å². The van der Waals surface area contributed by atoms with Crippen LogP contribution in [0.2, 0.25) is 0 Å². The van der Waals surface area contributed by atoms with Crippen LogP contribution in [-0.4, -0.2) is 31.3 Å². The molecule has 0 aliphatic rings. The Morgan fingerprint density at radius 2 is 1.84 bits per heavy atom. The van der Waals surface area contributed by atoms with E-state index in [9.17, 15) is 9.36 Å². The van der Waals surface area contributed by atoms with Gasteiger partial charge in [-0.25, -0.2) is 4.57 Å². The highest BCUT2D eigenvalue weighted by Gasteiger charge is 2.24. The van der Waals surface area contributed by atoms with Crippen molar-refractivity contribution in [3.05, 3.63) is 29.8 Å². The number of hydrogen-bond donors (Lipinski definition) is 2. The van der Waals surface area contributed by atoms with E-state index < -0.39 is 19.8 Å². The van der Waals surface area contributed by atoms with Crippen LogP contribution >= 0.6 is 7.82 Å². The van der Waals surface area contributed by atoms with E-state index in [1.807, 2.05) is 0 Å². The number of phosphoric ester groups is 1. The predicted octanol–water partition coefficient (Wildman–Crippen LogP) is 1.42. The SMILES string of the molecule is COP(=O)(OC)Oc1ccc(C[C@H](N)C(=O)O)cc1. The number of carboxylic acids is 1. The number of hydrogen-bond acceptors (Lipinski definition) is 6. The summed E-state index contributed by atoms with van der Waals surface area (Å²) in [4.78, 5) is 10.6. The van der Waals surface area contributed by atoms with Crippen LogP contribution in [0.25, 0.3) is 0 Å². The summed E-state index contributed by atoms with van der Waals surface area (Å²) in [7, 11) is -1.15. The Labute approximate surface area is 110 Å². The Bertz CT molecular complexity index is 467. The van der Waals surface area contributed by atoms with Gasteiger partial charge in [0, 0.05) is 14.2 Å². The van der Waals surface area contributed by atoms with Crippen molar-refractivity contribution < 1.29 is 28.0 Å². The van der Waals surface area contributed by atoms with Gasteiger partial charge in [-0.1, -0.05) is 12.1 Å². The Balaban J connectivity index is 2.72. The van der Waals surface area contributed by atoms with Crippen molar-refractivity contribution in [2.75, 3.05) is 14.2 Å². The highest BCUT2D eigenvalue weighted by atomic mass is 31.2. The first-order chi connectivity index (χ1) is 8.90. The van der Waals surface area contributed by atoms with Gasteiger partial charge in [-0.2, -0.15) is 0 Å². The lowest BCUT2D eigenvalue weighted by atomic mass is 10.1. The average Bonchev–Trinajstić information content (AvgIpc) is 2.40. The van der Waals surface area contributed by atoms with Crippen molar-refractivity contribution in [2.45, 2.75) is 12.5 Å². The van der Waals surface area contributed by atoms with Crippen LogP contribution < -0.4 is 10.3 Å². The van der Waals surface area contributed by atoms with Gasteiger partial charge in [0.1, 0.15) is 11.8 Å². The molecule has 0 spiro atoms. The molecule has 1 atom stereocenters. The van der Waals surface area contributed by atoms with Crippen LogP contribution in [0.4, 0.5) is 0 Å². The molecule has 106 valence electrons. The van der Waals surface area contributed by atoms with Gasteiger partial charge in [-0.3, -0.25) is 13.8 Å². The first-order valence-electron chi connectivity index (χ1n) is 5.38. The minimum absolute atomic E-state index is 0.196. The fourth-order valence-electron chi connectivity index (χ4n) is 1.31. The fourth-order valence-corrected chi connectivity index (χ4v) is 1.98. The minimum Gasteiger partial charge on any atom is -0.480 e. The molecule has 1 aromatic carbocycles. The zero-order valence-corrected chi connectivity index (χ0v) is 11.5. The maximum absolute atomic E-state index is 11.7. The Hall–Kier alpha value is -1.40. The lowest BCUT2D eigenvalue weighted by molar-refractivity contribution is -0.138. The highest BCUT2D eigenvalue weighted by molar-refractivity contribution is 7.48. The summed E-state index contributed by atoms with van der Waals surface area (Å²) >= 11 is 0. The lowest BCUT2D eigenvalue weighted by Gasteiger charge is -2.14. The summed E-state index contributed by atoms with van der Waals surface area (Å²) in [6.07, 6.45) is 0.196. The molecule has 0 amide bonds. The van der Waals surface area contributed by atoms with E-state index in [0.717, 1.165) is 5.56 Å². The first kappa shape index (κ1) is 15.7. The number of carbonyl (C=O) groups is 1. The van der Waals surface area contributed by atoms with Crippen molar-refractivity contribution in [1.82, 2.24) is 0 Å². The number of benzene rings is 1. The topological polar surface area (TPSA) is 108 Å². The molecule has 0 fully saturated rings. The Morgan fingerprint density at radius 1 is 1.32 bits per heavy atom. The molecule has 1 rings (SSSR count). The van der Waals surface area contributed by atoms with E-state index in [1.54, 1.807) is 12.1 Å². The van der Waals surface area contributed by atoms with Crippen LogP contribution in [0, 0.1) is 0 Å². The molecule has 8 heteroatoms. The smallest absolute Gasteiger partial charge is 0.480 e. The van der Waals surface area contributed by atoms with E-state index in [0.29, 0.717) is 5.75 Å². The van der Waals surface area contributed by atoms with Crippen molar-refractivity contribution >= 4 is 13.8 Å². The van der Waals surface area contributed by atoms with E-state index in [1.165, 1.54) is 26.4 Å². The molecule has 7 nitrogen and oxygen atoms in total. The zero-order chi connectivity index (χ0) is 14.5. The summed E-state index contributed by atoms with van der Waals surface area (Å²) in [5.74, 6) is -0.775. The number of phosphoric acid groups is 1. The van der Waals surface area contributed by atoms with Crippen LogP contribution in [0.15, 0.2) is 24.3 Å². The number of aliphatic carboxylic acids is 1. The highest BCUT2D eigenvalue weighted by Crippen LogP contribution is 2.47. The number of rotatable bonds is 7. The third kappa shape index (κ3) is 4.65. The van der Waals surface area contributed by atoms with Crippen LogP contribution in [0.5, 0.6) is 5.75 Å². The Kier molecular flexibility index (Phi) is 5.50. The molecule has 0 aromatic heterocycles. The Morgan fingerprint density at radius 3 is 2.26 bits per heavy atom. The molecular formula is C11H16NO6P. The first-order valence-corrected chi connectivity index (χ1v) is 6.84. The van der Waals surface area contributed by atoms with E-state index in [-0.39, 0.29) is 6.42 Å². The van der Waals surface area contributed by atoms with Crippen LogP contribution in [0.1, 0.15) is 5.56 Å². The summed E-state index contributed by atoms with van der Waals surface area (Å²) < 4.78 is 26.0. The maximum Gasteiger partial charge on any atom is 0.529 e. The largest absolute Gasteiger partial charge is 0.529 e. The molecule has 1 aromatic rings. The van der Waals surface area contributed by atoms with Gasteiger partial charge < -0.3 is 15.4 Å². The molecule has 0 aliphatic heterocycles. The van der Waals surface area contributed by atoms with Gasteiger partial charge in [0.2, 0.25) is 0 Å². The second-order valence-corrected chi connectivity index (χ2v) is 5.50. The maximum atomic E-state index is 11.7.